The number of aromatic nitrogens is 1. The first-order valence-electron chi connectivity index (χ1n) is 10.4. The van der Waals surface area contributed by atoms with Gasteiger partial charge in [-0.05, 0) is 30.4 Å². The second kappa shape index (κ2) is 11.3. The number of H-pyrrole nitrogens is 1. The van der Waals surface area contributed by atoms with Crippen molar-refractivity contribution >= 4 is 34.7 Å². The maximum Gasteiger partial charge on any atom is 0.326 e. The molecule has 1 heterocycles. The summed E-state index contributed by atoms with van der Waals surface area (Å²) in [6.45, 7) is 3.68. The van der Waals surface area contributed by atoms with Crippen molar-refractivity contribution in [1.82, 2.24) is 15.6 Å². The molecule has 1 aromatic carbocycles. The van der Waals surface area contributed by atoms with E-state index in [2.05, 4.69) is 15.6 Å². The highest BCUT2D eigenvalue weighted by atomic mass is 16.4. The molecule has 2 aromatic rings. The normalized spacial score (nSPS) is 14.0. The van der Waals surface area contributed by atoms with Gasteiger partial charge in [0.2, 0.25) is 11.8 Å². The molecular formula is C22H30N4O6. The standard InChI is InChI=1S/C22H30N4O6/c1-12(2)9-18(22(31)32)26-21(30)17(25-20(29)15(23)7-8-19(27)28)10-13-11-24-16-6-4-3-5-14(13)16/h3-6,11-12,15,17-18,24H,7-10,23H2,1-2H3,(H,25,29)(H,26,30)(H,27,28)(H,31,32)/t15-,17-,18-/m0/s1. The summed E-state index contributed by atoms with van der Waals surface area (Å²) >= 11 is 0. The molecule has 2 rings (SSSR count). The van der Waals surface area contributed by atoms with E-state index < -0.39 is 41.9 Å². The number of benzene rings is 1. The number of aliphatic carboxylic acids is 2. The van der Waals surface area contributed by atoms with Gasteiger partial charge >= 0.3 is 11.9 Å². The molecule has 0 fully saturated rings. The highest BCUT2D eigenvalue weighted by Crippen LogP contribution is 2.19. The molecule has 10 heteroatoms. The van der Waals surface area contributed by atoms with E-state index >= 15 is 0 Å². The zero-order valence-electron chi connectivity index (χ0n) is 18.1. The zero-order chi connectivity index (χ0) is 23.8. The maximum atomic E-state index is 13.0. The number of fused-ring (bicyclic) bond motifs is 1. The molecule has 0 spiro atoms. The van der Waals surface area contributed by atoms with Gasteiger partial charge in [0.15, 0.2) is 0 Å². The lowest BCUT2D eigenvalue weighted by Gasteiger charge is -2.23. The molecule has 0 bridgehead atoms. The minimum atomic E-state index is -1.16. The van der Waals surface area contributed by atoms with E-state index in [1.54, 1.807) is 6.20 Å². The zero-order valence-corrected chi connectivity index (χ0v) is 18.1. The molecule has 0 aliphatic heterocycles. The van der Waals surface area contributed by atoms with Gasteiger partial charge in [0, 0.05) is 29.9 Å². The molecule has 0 aliphatic rings. The van der Waals surface area contributed by atoms with E-state index in [4.69, 9.17) is 10.8 Å². The highest BCUT2D eigenvalue weighted by Gasteiger charge is 2.29. The molecule has 3 atom stereocenters. The Morgan fingerprint density at radius 3 is 2.31 bits per heavy atom. The summed E-state index contributed by atoms with van der Waals surface area (Å²) in [6, 6.07) is 4.14. The average molecular weight is 447 g/mol. The Morgan fingerprint density at radius 1 is 1.03 bits per heavy atom. The van der Waals surface area contributed by atoms with Gasteiger partial charge in [-0.3, -0.25) is 14.4 Å². The van der Waals surface area contributed by atoms with Gasteiger partial charge < -0.3 is 31.6 Å². The van der Waals surface area contributed by atoms with Crippen LogP contribution in [-0.2, 0) is 25.6 Å². The molecule has 7 N–H and O–H groups in total. The topological polar surface area (TPSA) is 175 Å². The summed E-state index contributed by atoms with van der Waals surface area (Å²) in [4.78, 5) is 51.0. The average Bonchev–Trinajstić information content (AvgIpc) is 3.13. The second-order valence-electron chi connectivity index (χ2n) is 8.19. The van der Waals surface area contributed by atoms with E-state index in [1.165, 1.54) is 0 Å². The molecule has 0 saturated heterocycles. The molecule has 2 amide bonds. The molecule has 0 saturated carbocycles. The van der Waals surface area contributed by atoms with Crippen LogP contribution in [0.15, 0.2) is 30.5 Å². The smallest absolute Gasteiger partial charge is 0.326 e. The Labute approximate surface area is 185 Å². The minimum absolute atomic E-state index is 0.0301. The Balaban J connectivity index is 2.22. The van der Waals surface area contributed by atoms with Gasteiger partial charge in [-0.1, -0.05) is 32.0 Å². The van der Waals surface area contributed by atoms with Crippen molar-refractivity contribution in [3.63, 3.8) is 0 Å². The number of aromatic amines is 1. The third kappa shape index (κ3) is 7.09. The van der Waals surface area contributed by atoms with Crippen LogP contribution >= 0.6 is 0 Å². The van der Waals surface area contributed by atoms with Crippen LogP contribution in [0, 0.1) is 5.92 Å². The van der Waals surface area contributed by atoms with Crippen molar-refractivity contribution in [2.45, 2.75) is 57.7 Å². The molecule has 0 radical (unpaired) electrons. The lowest BCUT2D eigenvalue weighted by atomic mass is 10.0. The van der Waals surface area contributed by atoms with Crippen molar-refractivity contribution in [2.75, 3.05) is 0 Å². The Morgan fingerprint density at radius 2 is 1.69 bits per heavy atom. The first-order chi connectivity index (χ1) is 15.1. The first-order valence-corrected chi connectivity index (χ1v) is 10.4. The first kappa shape index (κ1) is 24.9. The lowest BCUT2D eigenvalue weighted by molar-refractivity contribution is -0.142. The molecule has 32 heavy (non-hydrogen) atoms. The number of amides is 2. The molecule has 10 nitrogen and oxygen atoms in total. The number of para-hydroxylation sites is 1. The largest absolute Gasteiger partial charge is 0.481 e. The summed E-state index contributed by atoms with van der Waals surface area (Å²) in [6.07, 6.45) is 1.68. The van der Waals surface area contributed by atoms with Crippen LogP contribution in [-0.4, -0.2) is 57.1 Å². The Kier molecular flexibility index (Phi) is 8.77. The van der Waals surface area contributed by atoms with Gasteiger partial charge in [-0.15, -0.1) is 0 Å². The Hall–Kier alpha value is -3.40. The number of nitrogens with two attached hydrogens (primary N) is 1. The van der Waals surface area contributed by atoms with Crippen molar-refractivity contribution in [2.24, 2.45) is 11.7 Å². The van der Waals surface area contributed by atoms with E-state index in [1.807, 2.05) is 38.1 Å². The van der Waals surface area contributed by atoms with Gasteiger partial charge in [-0.2, -0.15) is 0 Å². The number of carbonyl (C=O) groups is 4. The SMILES string of the molecule is CC(C)C[C@H](NC(=O)[C@H](Cc1c[nH]c2ccccc12)NC(=O)[C@@H](N)CCC(=O)O)C(=O)O. The number of hydrogen-bond acceptors (Lipinski definition) is 5. The number of carboxylic acid groups (broad SMARTS) is 2. The summed E-state index contributed by atoms with van der Waals surface area (Å²) in [5.41, 5.74) is 7.40. The number of carboxylic acids is 2. The monoisotopic (exact) mass is 446 g/mol. The van der Waals surface area contributed by atoms with Crippen LogP contribution in [0.1, 0.15) is 38.7 Å². The van der Waals surface area contributed by atoms with E-state index in [0.717, 1.165) is 16.5 Å². The van der Waals surface area contributed by atoms with Crippen molar-refractivity contribution in [1.29, 1.82) is 0 Å². The van der Waals surface area contributed by atoms with Crippen LogP contribution < -0.4 is 16.4 Å². The summed E-state index contributed by atoms with van der Waals surface area (Å²) < 4.78 is 0. The predicted octanol–water partition coefficient (Wildman–Crippen LogP) is 1.00. The number of rotatable bonds is 12. The summed E-state index contributed by atoms with van der Waals surface area (Å²) in [5, 5.41) is 24.2. The molecule has 174 valence electrons. The highest BCUT2D eigenvalue weighted by molar-refractivity contribution is 5.93. The van der Waals surface area contributed by atoms with Gasteiger partial charge in [-0.25, -0.2) is 4.79 Å². The van der Waals surface area contributed by atoms with Crippen LogP contribution in [0.3, 0.4) is 0 Å². The molecule has 0 unspecified atom stereocenters. The fourth-order valence-electron chi connectivity index (χ4n) is 3.38. The summed E-state index contributed by atoms with van der Waals surface area (Å²) in [5.74, 6) is -3.55. The molecular weight excluding hydrogens is 416 g/mol. The Bertz CT molecular complexity index is 970. The van der Waals surface area contributed by atoms with Crippen LogP contribution in [0.25, 0.3) is 10.9 Å². The maximum absolute atomic E-state index is 13.0. The number of hydrogen-bond donors (Lipinski definition) is 6. The van der Waals surface area contributed by atoms with Crippen LogP contribution in [0.2, 0.25) is 0 Å². The minimum Gasteiger partial charge on any atom is -0.481 e. The lowest BCUT2D eigenvalue weighted by Crippen LogP contribution is -2.55. The summed E-state index contributed by atoms with van der Waals surface area (Å²) in [7, 11) is 0. The fourth-order valence-corrected chi connectivity index (χ4v) is 3.38. The second-order valence-corrected chi connectivity index (χ2v) is 8.19. The quantitative estimate of drug-likeness (QED) is 0.282. The van der Waals surface area contributed by atoms with E-state index in [0.29, 0.717) is 0 Å². The predicted molar refractivity (Wildman–Crippen MR) is 118 cm³/mol. The van der Waals surface area contributed by atoms with Crippen LogP contribution in [0.4, 0.5) is 0 Å². The van der Waals surface area contributed by atoms with Crippen molar-refractivity contribution in [3.8, 4) is 0 Å². The van der Waals surface area contributed by atoms with Crippen molar-refractivity contribution < 1.29 is 29.4 Å². The third-order valence-corrected chi connectivity index (χ3v) is 5.06. The van der Waals surface area contributed by atoms with E-state index in [-0.39, 0.29) is 31.6 Å². The van der Waals surface area contributed by atoms with Gasteiger partial charge in [0.05, 0.1) is 6.04 Å². The van der Waals surface area contributed by atoms with E-state index in [9.17, 15) is 24.3 Å². The molecule has 1 aromatic heterocycles. The molecule has 0 aliphatic carbocycles. The van der Waals surface area contributed by atoms with Crippen LogP contribution in [0.5, 0.6) is 0 Å². The van der Waals surface area contributed by atoms with Gasteiger partial charge in [0.25, 0.3) is 0 Å². The number of nitrogens with one attached hydrogen (secondary N) is 3. The number of carbonyl (C=O) groups excluding carboxylic acids is 2. The van der Waals surface area contributed by atoms with Crippen molar-refractivity contribution in [3.05, 3.63) is 36.0 Å². The third-order valence-electron chi connectivity index (χ3n) is 5.06. The van der Waals surface area contributed by atoms with Gasteiger partial charge in [0.1, 0.15) is 12.1 Å². The fraction of sp³-hybridized carbons (Fsp3) is 0.455.